The molecule has 1 rings (SSSR count). The van der Waals surface area contributed by atoms with Crippen LogP contribution in [0.4, 0.5) is 0 Å². The first kappa shape index (κ1) is 12.0. The van der Waals surface area contributed by atoms with E-state index in [2.05, 4.69) is 22.9 Å². The molecule has 0 aromatic rings. The second-order valence-corrected chi connectivity index (χ2v) is 4.02. The highest BCUT2D eigenvalue weighted by Gasteiger charge is 2.28. The summed E-state index contributed by atoms with van der Waals surface area (Å²) in [5.74, 6) is 0.478. The van der Waals surface area contributed by atoms with Gasteiger partial charge in [-0.25, -0.2) is 0 Å². The lowest BCUT2D eigenvalue weighted by Crippen LogP contribution is -2.39. The fourth-order valence-electron chi connectivity index (χ4n) is 1.72. The van der Waals surface area contributed by atoms with Crippen LogP contribution in [0.3, 0.4) is 0 Å². The average Bonchev–Trinajstić information content (AvgIpc) is 2.58. The van der Waals surface area contributed by atoms with Crippen molar-refractivity contribution in [3.63, 3.8) is 0 Å². The third kappa shape index (κ3) is 3.87. The summed E-state index contributed by atoms with van der Waals surface area (Å²) in [6.45, 7) is 6.19. The maximum absolute atomic E-state index is 11.6. The summed E-state index contributed by atoms with van der Waals surface area (Å²) in [6.07, 6.45) is 0. The van der Waals surface area contributed by atoms with Crippen molar-refractivity contribution in [2.45, 2.75) is 13.8 Å². The molecule has 0 spiro atoms. The first-order chi connectivity index (χ1) is 7.11. The molecule has 0 radical (unpaired) electrons. The van der Waals surface area contributed by atoms with Crippen LogP contribution >= 0.6 is 0 Å². The van der Waals surface area contributed by atoms with Crippen molar-refractivity contribution in [3.05, 3.63) is 0 Å². The van der Waals surface area contributed by atoms with Gasteiger partial charge in [0.1, 0.15) is 0 Å². The summed E-state index contributed by atoms with van der Waals surface area (Å²) >= 11 is 0. The van der Waals surface area contributed by atoms with E-state index < -0.39 is 0 Å². The number of hydrogen-bond acceptors (Lipinski definition) is 3. The van der Waals surface area contributed by atoms with Gasteiger partial charge in [-0.15, -0.1) is 0 Å². The van der Waals surface area contributed by atoms with Crippen molar-refractivity contribution >= 4 is 11.8 Å². The predicted octanol–water partition coefficient (Wildman–Crippen LogP) is -0.906. The van der Waals surface area contributed by atoms with E-state index in [-0.39, 0.29) is 17.7 Å². The monoisotopic (exact) mass is 213 g/mol. The van der Waals surface area contributed by atoms with Crippen LogP contribution in [-0.2, 0) is 9.59 Å². The lowest BCUT2D eigenvalue weighted by Gasteiger charge is -2.14. The third-order valence-corrected chi connectivity index (χ3v) is 2.65. The van der Waals surface area contributed by atoms with Crippen molar-refractivity contribution in [1.29, 1.82) is 0 Å². The minimum absolute atomic E-state index is 0.0693. The molecule has 1 saturated heterocycles. The van der Waals surface area contributed by atoms with Gasteiger partial charge >= 0.3 is 0 Å². The summed E-state index contributed by atoms with van der Waals surface area (Å²) in [5, 5.41) is 8.63. The Morgan fingerprint density at radius 2 is 1.93 bits per heavy atom. The van der Waals surface area contributed by atoms with Gasteiger partial charge in [0.15, 0.2) is 0 Å². The van der Waals surface area contributed by atoms with E-state index in [0.717, 1.165) is 13.1 Å². The Kier molecular flexibility index (Phi) is 4.55. The lowest BCUT2D eigenvalue weighted by atomic mass is 9.97. The standard InChI is InChI=1S/C10H19N3O2/c1-7-5-11-6-9(7)10(15)13-4-3-12-8(2)14/h7,9,11H,3-6H2,1-2H3,(H,12,14)(H,13,15)/t7-,9-/m1/s1. The van der Waals surface area contributed by atoms with Crippen LogP contribution in [0.25, 0.3) is 0 Å². The molecule has 2 amide bonds. The zero-order chi connectivity index (χ0) is 11.3. The molecular weight excluding hydrogens is 194 g/mol. The Bertz CT molecular complexity index is 243. The van der Waals surface area contributed by atoms with Crippen LogP contribution in [0.5, 0.6) is 0 Å². The zero-order valence-electron chi connectivity index (χ0n) is 9.30. The largest absolute Gasteiger partial charge is 0.355 e. The second-order valence-electron chi connectivity index (χ2n) is 4.02. The number of carbonyl (C=O) groups is 2. The van der Waals surface area contributed by atoms with Crippen LogP contribution in [0.2, 0.25) is 0 Å². The fourth-order valence-corrected chi connectivity index (χ4v) is 1.72. The normalized spacial score (nSPS) is 24.9. The van der Waals surface area contributed by atoms with Crippen molar-refractivity contribution in [2.24, 2.45) is 11.8 Å². The van der Waals surface area contributed by atoms with E-state index in [9.17, 15) is 9.59 Å². The Hall–Kier alpha value is -1.10. The molecule has 1 aliphatic rings. The van der Waals surface area contributed by atoms with Crippen LogP contribution < -0.4 is 16.0 Å². The second kappa shape index (κ2) is 5.70. The van der Waals surface area contributed by atoms with E-state index in [4.69, 9.17) is 0 Å². The smallest absolute Gasteiger partial charge is 0.224 e. The van der Waals surface area contributed by atoms with Gasteiger partial charge in [0.25, 0.3) is 0 Å². The Labute approximate surface area is 90.0 Å². The Balaban J connectivity index is 2.15. The fraction of sp³-hybridized carbons (Fsp3) is 0.800. The van der Waals surface area contributed by atoms with E-state index >= 15 is 0 Å². The molecule has 5 heteroatoms. The highest BCUT2D eigenvalue weighted by molar-refractivity contribution is 5.79. The molecule has 0 saturated carbocycles. The maximum atomic E-state index is 11.6. The van der Waals surface area contributed by atoms with Crippen molar-refractivity contribution in [3.8, 4) is 0 Å². The van der Waals surface area contributed by atoms with Crippen molar-refractivity contribution in [1.82, 2.24) is 16.0 Å². The minimum Gasteiger partial charge on any atom is -0.355 e. The molecule has 0 aromatic heterocycles. The molecule has 5 nitrogen and oxygen atoms in total. The first-order valence-corrected chi connectivity index (χ1v) is 5.34. The van der Waals surface area contributed by atoms with Crippen LogP contribution in [-0.4, -0.2) is 38.0 Å². The quantitative estimate of drug-likeness (QED) is 0.530. The predicted molar refractivity (Wildman–Crippen MR) is 57.2 cm³/mol. The zero-order valence-corrected chi connectivity index (χ0v) is 9.30. The van der Waals surface area contributed by atoms with E-state index in [1.54, 1.807) is 0 Å². The molecule has 0 bridgehead atoms. The van der Waals surface area contributed by atoms with Gasteiger partial charge in [-0.2, -0.15) is 0 Å². The van der Waals surface area contributed by atoms with Crippen LogP contribution in [0.1, 0.15) is 13.8 Å². The highest BCUT2D eigenvalue weighted by atomic mass is 16.2. The van der Waals surface area contributed by atoms with E-state index in [1.807, 2.05) is 0 Å². The third-order valence-electron chi connectivity index (χ3n) is 2.65. The Morgan fingerprint density at radius 3 is 2.47 bits per heavy atom. The van der Waals surface area contributed by atoms with E-state index in [0.29, 0.717) is 19.0 Å². The molecule has 1 heterocycles. The summed E-state index contributed by atoms with van der Waals surface area (Å²) < 4.78 is 0. The van der Waals surface area contributed by atoms with Crippen molar-refractivity contribution < 1.29 is 9.59 Å². The van der Waals surface area contributed by atoms with Gasteiger partial charge in [-0.05, 0) is 12.5 Å². The van der Waals surface area contributed by atoms with Crippen LogP contribution in [0.15, 0.2) is 0 Å². The summed E-state index contributed by atoms with van der Waals surface area (Å²) in [5.41, 5.74) is 0. The first-order valence-electron chi connectivity index (χ1n) is 5.34. The molecule has 1 fully saturated rings. The molecule has 15 heavy (non-hydrogen) atoms. The van der Waals surface area contributed by atoms with Crippen molar-refractivity contribution in [2.75, 3.05) is 26.2 Å². The maximum Gasteiger partial charge on any atom is 0.224 e. The molecule has 0 aromatic carbocycles. The van der Waals surface area contributed by atoms with E-state index in [1.165, 1.54) is 6.92 Å². The van der Waals surface area contributed by atoms with Gasteiger partial charge in [-0.3, -0.25) is 9.59 Å². The molecule has 0 unspecified atom stereocenters. The molecule has 1 aliphatic heterocycles. The molecule has 3 N–H and O–H groups in total. The number of nitrogens with one attached hydrogen (secondary N) is 3. The molecule has 0 aliphatic carbocycles. The molecule has 86 valence electrons. The summed E-state index contributed by atoms with van der Waals surface area (Å²) in [6, 6.07) is 0. The van der Waals surface area contributed by atoms with Gasteiger partial charge < -0.3 is 16.0 Å². The highest BCUT2D eigenvalue weighted by Crippen LogP contribution is 2.15. The number of rotatable bonds is 4. The van der Waals surface area contributed by atoms with Gasteiger partial charge in [-0.1, -0.05) is 6.92 Å². The Morgan fingerprint density at radius 1 is 1.27 bits per heavy atom. The van der Waals surface area contributed by atoms with Gasteiger partial charge in [0.2, 0.25) is 11.8 Å². The summed E-state index contributed by atoms with van der Waals surface area (Å²) in [7, 11) is 0. The number of amides is 2. The molecule has 2 atom stereocenters. The molecular formula is C10H19N3O2. The SMILES string of the molecule is CC(=O)NCCNC(=O)[C@@H]1CNC[C@H]1C. The van der Waals surface area contributed by atoms with Gasteiger partial charge in [0.05, 0.1) is 5.92 Å². The van der Waals surface area contributed by atoms with Gasteiger partial charge in [0, 0.05) is 26.6 Å². The summed E-state index contributed by atoms with van der Waals surface area (Å²) in [4.78, 5) is 22.2. The average molecular weight is 213 g/mol. The van der Waals surface area contributed by atoms with Crippen LogP contribution in [0, 0.1) is 11.8 Å². The number of hydrogen-bond donors (Lipinski definition) is 3. The number of carbonyl (C=O) groups excluding carboxylic acids is 2. The minimum atomic E-state index is -0.0693. The topological polar surface area (TPSA) is 70.2 Å². The lowest BCUT2D eigenvalue weighted by molar-refractivity contribution is -0.125.